The van der Waals surface area contributed by atoms with Gasteiger partial charge in [0.15, 0.2) is 0 Å². The predicted octanol–water partition coefficient (Wildman–Crippen LogP) is 1.86. The van der Waals surface area contributed by atoms with Crippen molar-refractivity contribution in [3.63, 3.8) is 0 Å². The molecule has 0 unspecified atom stereocenters. The first kappa shape index (κ1) is 10.3. The lowest BCUT2D eigenvalue weighted by molar-refractivity contribution is 0.906. The van der Waals surface area contributed by atoms with Gasteiger partial charge in [0.2, 0.25) is 0 Å². The number of nitrogens with zero attached hydrogens (tertiary/aromatic N) is 1. The first-order valence-electron chi connectivity index (χ1n) is 4.96. The summed E-state index contributed by atoms with van der Waals surface area (Å²) >= 11 is 0. The van der Waals surface area contributed by atoms with Crippen molar-refractivity contribution in [2.45, 2.75) is 0 Å². The Hall–Kier alpha value is -2.25. The Balaban J connectivity index is 2.41. The van der Waals surface area contributed by atoms with Crippen molar-refractivity contribution in [2.24, 2.45) is 0 Å². The lowest BCUT2D eigenvalue weighted by Gasteiger charge is -2.11. The van der Waals surface area contributed by atoms with Crippen molar-refractivity contribution in [1.82, 2.24) is 5.43 Å². The van der Waals surface area contributed by atoms with E-state index in [-0.39, 0.29) is 6.54 Å². The van der Waals surface area contributed by atoms with Crippen LogP contribution in [0.3, 0.4) is 0 Å². The van der Waals surface area contributed by atoms with Crippen LogP contribution in [0.2, 0.25) is 0 Å². The van der Waals surface area contributed by atoms with Crippen molar-refractivity contribution in [1.29, 1.82) is 5.26 Å². The quantitative estimate of drug-likeness (QED) is 0.314. The largest absolute Gasteiger partial charge is 0.397 e. The number of fused-ring (bicyclic) bond motifs is 1. The van der Waals surface area contributed by atoms with Crippen LogP contribution >= 0.6 is 0 Å². The van der Waals surface area contributed by atoms with Crippen LogP contribution in [0.15, 0.2) is 36.4 Å². The van der Waals surface area contributed by atoms with Crippen LogP contribution < -0.4 is 16.6 Å². The molecule has 4 heteroatoms. The van der Waals surface area contributed by atoms with Crippen molar-refractivity contribution >= 4 is 22.1 Å². The molecule has 0 heterocycles. The van der Waals surface area contributed by atoms with E-state index in [2.05, 4.69) is 10.9 Å². The topological polar surface area (TPSA) is 73.9 Å². The lowest BCUT2D eigenvalue weighted by atomic mass is 10.1. The molecule has 0 saturated heterocycles. The minimum atomic E-state index is 0.225. The number of nitriles is 1. The highest BCUT2D eigenvalue weighted by molar-refractivity contribution is 5.99. The van der Waals surface area contributed by atoms with Crippen LogP contribution in [0.1, 0.15) is 0 Å². The molecule has 0 radical (unpaired) electrons. The second kappa shape index (κ2) is 4.51. The van der Waals surface area contributed by atoms with Crippen LogP contribution in [-0.4, -0.2) is 6.54 Å². The molecule has 0 aliphatic heterocycles. The molecule has 16 heavy (non-hydrogen) atoms. The fourth-order valence-electron chi connectivity index (χ4n) is 1.60. The number of hydrogen-bond donors (Lipinski definition) is 3. The van der Waals surface area contributed by atoms with Gasteiger partial charge in [0, 0.05) is 5.39 Å². The molecule has 0 saturated carbocycles. The number of nitrogen functional groups attached to an aromatic ring is 1. The Labute approximate surface area is 93.6 Å². The first-order valence-corrected chi connectivity index (χ1v) is 4.96. The maximum Gasteiger partial charge on any atom is 0.102 e. The van der Waals surface area contributed by atoms with Gasteiger partial charge in [-0.25, -0.2) is 5.43 Å². The summed E-state index contributed by atoms with van der Waals surface area (Å²) in [6.45, 7) is 0.225. The average molecular weight is 212 g/mol. The minimum Gasteiger partial charge on any atom is -0.397 e. The standard InChI is InChI=1S/C12H12N4/c13-7-8-15-16-12-10-4-2-1-3-9(10)5-6-11(12)14/h1-6,15-16H,8,14H2. The third-order valence-electron chi connectivity index (χ3n) is 2.34. The third-order valence-corrected chi connectivity index (χ3v) is 2.34. The monoisotopic (exact) mass is 212 g/mol. The molecule has 0 spiro atoms. The Kier molecular flexibility index (Phi) is 2.90. The smallest absolute Gasteiger partial charge is 0.102 e. The molecule has 4 N–H and O–H groups in total. The number of nitrogens with two attached hydrogens (primary N) is 1. The molecule has 0 amide bonds. The Morgan fingerprint density at radius 2 is 2.00 bits per heavy atom. The van der Waals surface area contributed by atoms with E-state index < -0.39 is 0 Å². The van der Waals surface area contributed by atoms with Crippen molar-refractivity contribution in [3.8, 4) is 6.07 Å². The van der Waals surface area contributed by atoms with Crippen LogP contribution in [0.4, 0.5) is 11.4 Å². The summed E-state index contributed by atoms with van der Waals surface area (Å²) in [5.74, 6) is 0. The number of benzene rings is 2. The number of nitrogens with one attached hydrogen (secondary N) is 2. The number of anilines is 2. The van der Waals surface area contributed by atoms with Gasteiger partial charge in [0.25, 0.3) is 0 Å². The number of hydrogen-bond acceptors (Lipinski definition) is 4. The Morgan fingerprint density at radius 1 is 1.19 bits per heavy atom. The summed E-state index contributed by atoms with van der Waals surface area (Å²) in [6, 6.07) is 13.7. The van der Waals surface area contributed by atoms with Gasteiger partial charge in [-0.15, -0.1) is 0 Å². The summed E-state index contributed by atoms with van der Waals surface area (Å²) in [5.41, 5.74) is 13.1. The van der Waals surface area contributed by atoms with Crippen molar-refractivity contribution in [2.75, 3.05) is 17.7 Å². The lowest BCUT2D eigenvalue weighted by Crippen LogP contribution is -2.22. The Bertz CT molecular complexity index is 542. The molecule has 2 aromatic carbocycles. The predicted molar refractivity (Wildman–Crippen MR) is 65.6 cm³/mol. The van der Waals surface area contributed by atoms with Crippen LogP contribution in [0, 0.1) is 11.3 Å². The molecule has 0 atom stereocenters. The van der Waals surface area contributed by atoms with Crippen LogP contribution in [0.25, 0.3) is 10.8 Å². The molecular weight excluding hydrogens is 200 g/mol. The fourth-order valence-corrected chi connectivity index (χ4v) is 1.60. The van der Waals surface area contributed by atoms with E-state index in [1.807, 2.05) is 42.5 Å². The van der Waals surface area contributed by atoms with E-state index in [4.69, 9.17) is 11.0 Å². The minimum absolute atomic E-state index is 0.225. The molecule has 0 aliphatic rings. The third kappa shape index (κ3) is 1.90. The maximum absolute atomic E-state index is 8.44. The summed E-state index contributed by atoms with van der Waals surface area (Å²) in [5, 5.41) is 10.6. The first-order chi connectivity index (χ1) is 7.83. The van der Waals surface area contributed by atoms with Crippen molar-refractivity contribution < 1.29 is 0 Å². The van der Waals surface area contributed by atoms with Gasteiger partial charge in [-0.3, -0.25) is 0 Å². The molecule has 0 bridgehead atoms. The van der Waals surface area contributed by atoms with Crippen LogP contribution in [0.5, 0.6) is 0 Å². The normalized spacial score (nSPS) is 9.94. The van der Waals surface area contributed by atoms with E-state index >= 15 is 0 Å². The van der Waals surface area contributed by atoms with Crippen LogP contribution in [-0.2, 0) is 0 Å². The SMILES string of the molecule is N#CCNNc1c(N)ccc2ccccc12. The van der Waals surface area contributed by atoms with Crippen molar-refractivity contribution in [3.05, 3.63) is 36.4 Å². The summed E-state index contributed by atoms with van der Waals surface area (Å²) in [4.78, 5) is 0. The molecule has 0 fully saturated rings. The molecule has 80 valence electrons. The zero-order valence-electron chi connectivity index (χ0n) is 8.70. The zero-order valence-corrected chi connectivity index (χ0v) is 8.70. The fraction of sp³-hybridized carbons (Fsp3) is 0.0833. The van der Waals surface area contributed by atoms with Gasteiger partial charge in [-0.2, -0.15) is 5.26 Å². The van der Waals surface area contributed by atoms with E-state index in [1.54, 1.807) is 0 Å². The molecule has 4 nitrogen and oxygen atoms in total. The molecule has 0 aliphatic carbocycles. The highest BCUT2D eigenvalue weighted by Gasteiger charge is 2.03. The molecule has 2 aromatic rings. The second-order valence-electron chi connectivity index (χ2n) is 3.39. The molecular formula is C12H12N4. The maximum atomic E-state index is 8.44. The van der Waals surface area contributed by atoms with E-state index in [9.17, 15) is 0 Å². The van der Waals surface area contributed by atoms with Gasteiger partial charge in [-0.1, -0.05) is 30.3 Å². The summed E-state index contributed by atoms with van der Waals surface area (Å²) in [7, 11) is 0. The highest BCUT2D eigenvalue weighted by Crippen LogP contribution is 2.28. The van der Waals surface area contributed by atoms with E-state index in [1.165, 1.54) is 0 Å². The van der Waals surface area contributed by atoms with Gasteiger partial charge in [-0.05, 0) is 11.5 Å². The number of rotatable bonds is 3. The van der Waals surface area contributed by atoms with Gasteiger partial charge < -0.3 is 11.2 Å². The van der Waals surface area contributed by atoms with Gasteiger partial charge >= 0.3 is 0 Å². The molecule has 0 aromatic heterocycles. The molecule has 2 rings (SSSR count). The zero-order chi connectivity index (χ0) is 11.4. The summed E-state index contributed by atoms with van der Waals surface area (Å²) < 4.78 is 0. The van der Waals surface area contributed by atoms with Gasteiger partial charge in [0.1, 0.15) is 6.54 Å². The highest BCUT2D eigenvalue weighted by atomic mass is 15.4. The average Bonchev–Trinajstić information content (AvgIpc) is 2.32. The van der Waals surface area contributed by atoms with Gasteiger partial charge in [0.05, 0.1) is 17.4 Å². The van der Waals surface area contributed by atoms with E-state index in [0.29, 0.717) is 5.69 Å². The number of hydrazine groups is 1. The Morgan fingerprint density at radius 3 is 2.81 bits per heavy atom. The second-order valence-corrected chi connectivity index (χ2v) is 3.39. The van der Waals surface area contributed by atoms with E-state index in [0.717, 1.165) is 16.5 Å². The summed E-state index contributed by atoms with van der Waals surface area (Å²) in [6.07, 6.45) is 0.